The van der Waals surface area contributed by atoms with Crippen LogP contribution in [-0.2, 0) is 5.11 Å². The predicted molar refractivity (Wildman–Crippen MR) is 44.3 cm³/mol. The Kier molecular flexibility index (Phi) is 3.94. The van der Waals surface area contributed by atoms with Gasteiger partial charge in [-0.05, 0) is 0 Å². The van der Waals surface area contributed by atoms with Crippen molar-refractivity contribution in [3.8, 4) is 0 Å². The number of hydrazine groups is 1. The number of hydrogen-bond donors (Lipinski definition) is 2. The van der Waals surface area contributed by atoms with E-state index in [1.807, 2.05) is 0 Å². The zero-order chi connectivity index (χ0) is 9.68. The summed E-state index contributed by atoms with van der Waals surface area (Å²) in [5, 5.41) is 20.4. The molecule has 1 heterocycles. The molecule has 1 aliphatic heterocycles. The zero-order valence-corrected chi connectivity index (χ0v) is 7.40. The Morgan fingerprint density at radius 1 is 1.31 bits per heavy atom. The van der Waals surface area contributed by atoms with E-state index < -0.39 is 6.09 Å². The summed E-state index contributed by atoms with van der Waals surface area (Å²) in [4.78, 5) is 12.2. The van der Waals surface area contributed by atoms with Gasteiger partial charge in [0.25, 0.3) is 0 Å². The average Bonchev–Trinajstić information content (AvgIpc) is 2.08. The van der Waals surface area contributed by atoms with Gasteiger partial charge in [0, 0.05) is 32.7 Å². The minimum Gasteiger partial charge on any atom is -0.395 e. The van der Waals surface area contributed by atoms with Crippen LogP contribution in [-0.4, -0.2) is 60.4 Å². The van der Waals surface area contributed by atoms with Crippen LogP contribution < -0.4 is 5.43 Å². The molecule has 6 nitrogen and oxygen atoms in total. The second-order valence-corrected chi connectivity index (χ2v) is 2.95. The van der Waals surface area contributed by atoms with E-state index in [4.69, 9.17) is 5.11 Å². The standard InChI is InChI=1S/C7H14N3O3/c11-6-5-9-1-3-10(4-2-9)8-7(12)13/h8,11H,1-6H2. The van der Waals surface area contributed by atoms with E-state index in [0.29, 0.717) is 19.6 Å². The Bertz CT molecular complexity index is 168. The normalized spacial score (nSPS) is 20.1. The highest BCUT2D eigenvalue weighted by molar-refractivity contribution is 5.63. The molecule has 0 unspecified atom stereocenters. The van der Waals surface area contributed by atoms with Gasteiger partial charge in [0.2, 0.25) is 0 Å². The average molecular weight is 188 g/mol. The van der Waals surface area contributed by atoms with Crippen molar-refractivity contribution in [3.05, 3.63) is 0 Å². The number of carbonyl (C=O) groups is 1. The third-order valence-corrected chi connectivity index (χ3v) is 2.04. The number of carbonyl (C=O) groups excluding carboxylic acids is 1. The summed E-state index contributed by atoms with van der Waals surface area (Å²) >= 11 is 0. The van der Waals surface area contributed by atoms with Gasteiger partial charge < -0.3 is 5.11 Å². The number of nitrogens with one attached hydrogen (secondary N) is 1. The van der Waals surface area contributed by atoms with Crippen molar-refractivity contribution in [2.45, 2.75) is 0 Å². The molecule has 1 radical (unpaired) electrons. The number of rotatable bonds is 3. The number of hydrogen-bond acceptors (Lipinski definition) is 4. The largest absolute Gasteiger partial charge is 0.464 e. The molecule has 0 aliphatic carbocycles. The van der Waals surface area contributed by atoms with E-state index in [1.165, 1.54) is 0 Å². The first-order valence-electron chi connectivity index (χ1n) is 4.28. The van der Waals surface area contributed by atoms with Gasteiger partial charge in [-0.2, -0.15) is 0 Å². The highest BCUT2D eigenvalue weighted by Crippen LogP contribution is 1.97. The molecule has 6 heteroatoms. The summed E-state index contributed by atoms with van der Waals surface area (Å²) < 4.78 is 0. The molecule has 13 heavy (non-hydrogen) atoms. The van der Waals surface area contributed by atoms with Gasteiger partial charge in [0.1, 0.15) is 0 Å². The van der Waals surface area contributed by atoms with Crippen molar-refractivity contribution < 1.29 is 15.0 Å². The van der Waals surface area contributed by atoms with Crippen LogP contribution >= 0.6 is 0 Å². The number of piperazine rings is 1. The van der Waals surface area contributed by atoms with Gasteiger partial charge in [-0.1, -0.05) is 0 Å². The Morgan fingerprint density at radius 3 is 2.38 bits per heavy atom. The smallest absolute Gasteiger partial charge is 0.395 e. The summed E-state index contributed by atoms with van der Waals surface area (Å²) in [6, 6.07) is 0. The molecule has 0 aromatic heterocycles. The second kappa shape index (κ2) is 5.00. The third kappa shape index (κ3) is 3.58. The lowest BCUT2D eigenvalue weighted by Gasteiger charge is -2.33. The molecule has 1 saturated heterocycles. The van der Waals surface area contributed by atoms with Crippen LogP contribution in [0.3, 0.4) is 0 Å². The van der Waals surface area contributed by atoms with Crippen molar-refractivity contribution in [1.29, 1.82) is 0 Å². The number of nitrogens with zero attached hydrogens (tertiary/aromatic N) is 2. The Labute approximate surface area is 76.7 Å². The molecule has 1 aliphatic rings. The van der Waals surface area contributed by atoms with Gasteiger partial charge in [-0.3, -0.25) is 10.3 Å². The molecule has 0 aromatic carbocycles. The number of aliphatic hydroxyl groups is 1. The molecule has 1 fully saturated rings. The van der Waals surface area contributed by atoms with Crippen molar-refractivity contribution in [2.75, 3.05) is 39.3 Å². The van der Waals surface area contributed by atoms with E-state index in [1.54, 1.807) is 5.01 Å². The fourth-order valence-corrected chi connectivity index (χ4v) is 1.35. The van der Waals surface area contributed by atoms with Gasteiger partial charge >= 0.3 is 6.09 Å². The Balaban J connectivity index is 2.18. The van der Waals surface area contributed by atoms with Crippen molar-refractivity contribution in [1.82, 2.24) is 15.3 Å². The molecular weight excluding hydrogens is 174 g/mol. The Morgan fingerprint density at radius 2 is 1.92 bits per heavy atom. The molecule has 0 bridgehead atoms. The van der Waals surface area contributed by atoms with Crippen LogP contribution in [0.15, 0.2) is 0 Å². The van der Waals surface area contributed by atoms with Crippen LogP contribution in [0, 0.1) is 0 Å². The summed E-state index contributed by atoms with van der Waals surface area (Å²) in [5.74, 6) is 0. The lowest BCUT2D eigenvalue weighted by Crippen LogP contribution is -2.53. The second-order valence-electron chi connectivity index (χ2n) is 2.95. The van der Waals surface area contributed by atoms with Gasteiger partial charge in [-0.25, -0.2) is 14.9 Å². The third-order valence-electron chi connectivity index (χ3n) is 2.04. The maximum Gasteiger partial charge on any atom is 0.464 e. The molecule has 0 aromatic rings. The quantitative estimate of drug-likeness (QED) is 0.574. The Hall–Kier alpha value is -0.850. The summed E-state index contributed by atoms with van der Waals surface area (Å²) in [6.07, 6.45) is -1.27. The molecule has 2 N–H and O–H groups in total. The lowest BCUT2D eigenvalue weighted by atomic mass is 10.3. The molecule has 75 valence electrons. The van der Waals surface area contributed by atoms with E-state index in [0.717, 1.165) is 13.1 Å². The maximum absolute atomic E-state index is 10.2. The topological polar surface area (TPSA) is 75.7 Å². The van der Waals surface area contributed by atoms with Gasteiger partial charge in [0.05, 0.1) is 6.61 Å². The minimum atomic E-state index is -1.27. The van der Waals surface area contributed by atoms with E-state index in [-0.39, 0.29) is 6.61 Å². The molecule has 1 amide bonds. The molecule has 0 spiro atoms. The van der Waals surface area contributed by atoms with Crippen molar-refractivity contribution in [2.24, 2.45) is 0 Å². The van der Waals surface area contributed by atoms with Crippen LogP contribution in [0.4, 0.5) is 4.79 Å². The SMILES string of the molecule is [O]C(=O)NN1CCN(CCO)CC1. The van der Waals surface area contributed by atoms with E-state index >= 15 is 0 Å². The van der Waals surface area contributed by atoms with Crippen LogP contribution in [0.25, 0.3) is 0 Å². The number of β-amino-alcohol motifs (C(OH)–C–C–N with tert-alkyl or cyclic N) is 1. The molecule has 0 saturated carbocycles. The summed E-state index contributed by atoms with van der Waals surface area (Å²) in [7, 11) is 0. The molecular formula is C7H14N3O3. The first-order valence-corrected chi connectivity index (χ1v) is 4.28. The summed E-state index contributed by atoms with van der Waals surface area (Å²) in [5.41, 5.74) is 2.19. The van der Waals surface area contributed by atoms with Crippen molar-refractivity contribution >= 4 is 6.09 Å². The van der Waals surface area contributed by atoms with Gasteiger partial charge in [0.15, 0.2) is 0 Å². The number of amides is 1. The maximum atomic E-state index is 10.2. The first-order chi connectivity index (χ1) is 6.22. The lowest BCUT2D eigenvalue weighted by molar-refractivity contribution is 0.0676. The monoisotopic (exact) mass is 188 g/mol. The summed E-state index contributed by atoms with van der Waals surface area (Å²) in [6.45, 7) is 3.59. The van der Waals surface area contributed by atoms with Crippen LogP contribution in [0.2, 0.25) is 0 Å². The van der Waals surface area contributed by atoms with E-state index in [2.05, 4.69) is 10.3 Å². The zero-order valence-electron chi connectivity index (χ0n) is 7.40. The molecule has 1 rings (SSSR count). The van der Waals surface area contributed by atoms with Crippen molar-refractivity contribution in [3.63, 3.8) is 0 Å². The minimum absolute atomic E-state index is 0.147. The number of aliphatic hydroxyl groups excluding tert-OH is 1. The van der Waals surface area contributed by atoms with Crippen LogP contribution in [0.5, 0.6) is 0 Å². The molecule has 0 atom stereocenters. The fraction of sp³-hybridized carbons (Fsp3) is 0.857. The highest BCUT2D eigenvalue weighted by atomic mass is 16.4. The highest BCUT2D eigenvalue weighted by Gasteiger charge is 2.17. The van der Waals surface area contributed by atoms with E-state index in [9.17, 15) is 9.90 Å². The first kappa shape index (κ1) is 10.2. The van der Waals surface area contributed by atoms with Crippen LogP contribution in [0.1, 0.15) is 0 Å². The fourth-order valence-electron chi connectivity index (χ4n) is 1.35. The van der Waals surface area contributed by atoms with Gasteiger partial charge in [-0.15, -0.1) is 0 Å². The predicted octanol–water partition coefficient (Wildman–Crippen LogP) is -1.35.